The van der Waals surface area contributed by atoms with Crippen molar-refractivity contribution in [1.29, 1.82) is 0 Å². The monoisotopic (exact) mass is 390 g/mol. The van der Waals surface area contributed by atoms with E-state index < -0.39 is 5.60 Å². The minimum atomic E-state index is -0.482. The largest absolute Gasteiger partial charge is 0.487 e. The van der Waals surface area contributed by atoms with Crippen LogP contribution in [0.4, 0.5) is 4.79 Å². The third kappa shape index (κ3) is 4.97. The summed E-state index contributed by atoms with van der Waals surface area (Å²) in [5.74, 6) is 0.924. The third-order valence-corrected chi connectivity index (χ3v) is 5.57. The van der Waals surface area contributed by atoms with E-state index in [2.05, 4.69) is 18.3 Å². The van der Waals surface area contributed by atoms with Crippen molar-refractivity contribution < 1.29 is 19.4 Å². The van der Waals surface area contributed by atoms with Gasteiger partial charge in [-0.1, -0.05) is 18.2 Å². The highest BCUT2D eigenvalue weighted by Crippen LogP contribution is 2.44. The maximum absolute atomic E-state index is 12.4. The van der Waals surface area contributed by atoms with Gasteiger partial charge < -0.3 is 24.8 Å². The molecule has 6 heteroatoms. The van der Waals surface area contributed by atoms with Crippen molar-refractivity contribution in [2.45, 2.75) is 76.7 Å². The predicted molar refractivity (Wildman–Crippen MR) is 109 cm³/mol. The number of aliphatic hydroxyl groups is 1. The summed E-state index contributed by atoms with van der Waals surface area (Å²) in [4.78, 5) is 14.2. The molecule has 6 nitrogen and oxygen atoms in total. The van der Waals surface area contributed by atoms with Crippen LogP contribution in [0.2, 0.25) is 0 Å². The van der Waals surface area contributed by atoms with Gasteiger partial charge in [0.05, 0.1) is 0 Å². The van der Waals surface area contributed by atoms with Gasteiger partial charge in [0.1, 0.15) is 17.0 Å². The van der Waals surface area contributed by atoms with Gasteiger partial charge in [-0.15, -0.1) is 0 Å². The van der Waals surface area contributed by atoms with Gasteiger partial charge in [0.15, 0.2) is 0 Å². The molecule has 1 aromatic carbocycles. The van der Waals surface area contributed by atoms with Crippen LogP contribution >= 0.6 is 0 Å². The summed E-state index contributed by atoms with van der Waals surface area (Å²) >= 11 is 0. The van der Waals surface area contributed by atoms with Crippen LogP contribution in [0.1, 0.15) is 65.0 Å². The van der Waals surface area contributed by atoms with Crippen molar-refractivity contribution in [2.75, 3.05) is 19.7 Å². The zero-order valence-corrected chi connectivity index (χ0v) is 17.5. The van der Waals surface area contributed by atoms with Crippen molar-refractivity contribution in [3.8, 4) is 5.75 Å². The maximum Gasteiger partial charge on any atom is 0.410 e. The van der Waals surface area contributed by atoms with E-state index >= 15 is 0 Å². The number of ether oxygens (including phenoxy) is 2. The Balaban J connectivity index is 1.70. The summed E-state index contributed by atoms with van der Waals surface area (Å²) in [5, 5.41) is 12.9. The second-order valence-corrected chi connectivity index (χ2v) is 9.13. The van der Waals surface area contributed by atoms with Gasteiger partial charge in [0.25, 0.3) is 0 Å². The Morgan fingerprint density at radius 2 is 2.04 bits per heavy atom. The summed E-state index contributed by atoms with van der Waals surface area (Å²) in [6.07, 6.45) is 2.91. The Labute approximate surface area is 168 Å². The molecule has 3 rings (SSSR count). The number of para-hydroxylation sites is 1. The number of piperidine rings is 1. The maximum atomic E-state index is 12.4. The molecule has 1 saturated heterocycles. The SMILES string of the molecule is CC(CCO)NC1CC2(CCN(C(=O)OC(C)(C)C)CC2)Oc2ccccc21. The highest BCUT2D eigenvalue weighted by Gasteiger charge is 2.44. The predicted octanol–water partition coefficient (Wildman–Crippen LogP) is 3.64. The number of carbonyl (C=O) groups excluding carboxylic acids is 1. The molecule has 2 N–H and O–H groups in total. The number of hydrogen-bond donors (Lipinski definition) is 2. The molecule has 0 radical (unpaired) electrons. The molecule has 2 aliphatic rings. The Hall–Kier alpha value is -1.79. The molecule has 2 aliphatic heterocycles. The number of benzene rings is 1. The number of fused-ring (bicyclic) bond motifs is 1. The number of nitrogens with zero attached hydrogens (tertiary/aromatic N) is 1. The van der Waals surface area contributed by atoms with Crippen LogP contribution in [0.25, 0.3) is 0 Å². The van der Waals surface area contributed by atoms with Gasteiger partial charge in [0.2, 0.25) is 0 Å². The van der Waals surface area contributed by atoms with Crippen LogP contribution in [0.5, 0.6) is 5.75 Å². The van der Waals surface area contributed by atoms with Crippen molar-refractivity contribution in [3.63, 3.8) is 0 Å². The third-order valence-electron chi connectivity index (χ3n) is 5.57. The molecule has 1 amide bonds. The lowest BCUT2D eigenvalue weighted by Gasteiger charge is -2.47. The summed E-state index contributed by atoms with van der Waals surface area (Å²) in [6.45, 7) is 9.22. The molecular formula is C22H34N2O4. The lowest BCUT2D eigenvalue weighted by molar-refractivity contribution is -0.0353. The van der Waals surface area contributed by atoms with Gasteiger partial charge in [-0.2, -0.15) is 0 Å². The first-order chi connectivity index (χ1) is 13.2. The zero-order chi connectivity index (χ0) is 20.4. The average molecular weight is 391 g/mol. The van der Waals surface area contributed by atoms with Gasteiger partial charge in [-0.05, 0) is 40.2 Å². The lowest BCUT2D eigenvalue weighted by Crippen LogP contribution is -2.54. The van der Waals surface area contributed by atoms with E-state index in [4.69, 9.17) is 9.47 Å². The van der Waals surface area contributed by atoms with Crippen LogP contribution in [0, 0.1) is 0 Å². The number of likely N-dealkylation sites (tertiary alicyclic amines) is 1. The molecule has 156 valence electrons. The van der Waals surface area contributed by atoms with E-state index in [1.807, 2.05) is 39.0 Å². The highest BCUT2D eigenvalue weighted by atomic mass is 16.6. The van der Waals surface area contributed by atoms with Crippen molar-refractivity contribution >= 4 is 6.09 Å². The number of hydrogen-bond acceptors (Lipinski definition) is 5. The van der Waals surface area contributed by atoms with Crippen LogP contribution in [-0.4, -0.2) is 53.0 Å². The number of carbonyl (C=O) groups is 1. The van der Waals surface area contributed by atoms with Gasteiger partial charge >= 0.3 is 6.09 Å². The van der Waals surface area contributed by atoms with E-state index in [1.165, 1.54) is 5.56 Å². The molecule has 0 bridgehead atoms. The molecule has 0 aromatic heterocycles. The van der Waals surface area contributed by atoms with Crippen molar-refractivity contribution in [2.24, 2.45) is 0 Å². The van der Waals surface area contributed by atoms with Crippen molar-refractivity contribution in [3.05, 3.63) is 29.8 Å². The molecule has 1 fully saturated rings. The molecule has 2 unspecified atom stereocenters. The first-order valence-electron chi connectivity index (χ1n) is 10.3. The van der Waals surface area contributed by atoms with Crippen LogP contribution in [-0.2, 0) is 4.74 Å². The fourth-order valence-corrected chi connectivity index (χ4v) is 4.12. The van der Waals surface area contributed by atoms with Crippen LogP contribution in [0.15, 0.2) is 24.3 Å². The number of amides is 1. The van der Waals surface area contributed by atoms with Crippen molar-refractivity contribution in [1.82, 2.24) is 10.2 Å². The summed E-state index contributed by atoms with van der Waals surface area (Å²) in [5.41, 5.74) is 0.417. The Morgan fingerprint density at radius 3 is 2.68 bits per heavy atom. The average Bonchev–Trinajstić information content (AvgIpc) is 2.61. The van der Waals surface area contributed by atoms with E-state index in [-0.39, 0.29) is 30.4 Å². The summed E-state index contributed by atoms with van der Waals surface area (Å²) in [7, 11) is 0. The number of aliphatic hydroxyl groups excluding tert-OH is 1. The molecule has 28 heavy (non-hydrogen) atoms. The number of nitrogens with one attached hydrogen (secondary N) is 1. The topological polar surface area (TPSA) is 71.0 Å². The highest BCUT2D eigenvalue weighted by molar-refractivity contribution is 5.68. The van der Waals surface area contributed by atoms with Gasteiger partial charge in [-0.3, -0.25) is 0 Å². The zero-order valence-electron chi connectivity index (χ0n) is 17.5. The number of rotatable bonds is 4. The second-order valence-electron chi connectivity index (χ2n) is 9.13. The molecule has 0 aliphatic carbocycles. The van der Waals surface area contributed by atoms with E-state index in [0.29, 0.717) is 13.1 Å². The lowest BCUT2D eigenvalue weighted by atomic mass is 9.80. The quantitative estimate of drug-likeness (QED) is 0.821. The van der Waals surface area contributed by atoms with Crippen LogP contribution < -0.4 is 10.1 Å². The molecular weight excluding hydrogens is 356 g/mol. The standard InChI is InChI=1S/C22H34N2O4/c1-16(9-14-25)23-18-15-22(27-19-8-6-5-7-17(18)19)10-12-24(13-11-22)20(26)28-21(2,3)4/h5-8,16,18,23,25H,9-15H2,1-4H3. The Morgan fingerprint density at radius 1 is 1.36 bits per heavy atom. The minimum absolute atomic E-state index is 0.176. The van der Waals surface area contributed by atoms with Gasteiger partial charge in [0, 0.05) is 56.6 Å². The molecule has 1 spiro atoms. The molecule has 2 heterocycles. The Kier molecular flexibility index (Phi) is 6.20. The van der Waals surface area contributed by atoms with E-state index in [1.54, 1.807) is 4.90 Å². The first-order valence-corrected chi connectivity index (χ1v) is 10.3. The molecule has 2 atom stereocenters. The first kappa shape index (κ1) is 20.9. The summed E-state index contributed by atoms with van der Waals surface area (Å²) in [6, 6.07) is 8.58. The molecule has 0 saturated carbocycles. The Bertz CT molecular complexity index is 677. The second kappa shape index (κ2) is 8.29. The molecule has 1 aromatic rings. The van der Waals surface area contributed by atoms with Gasteiger partial charge in [-0.25, -0.2) is 4.79 Å². The van der Waals surface area contributed by atoms with E-state index in [0.717, 1.165) is 31.4 Å². The fourth-order valence-electron chi connectivity index (χ4n) is 4.12. The van der Waals surface area contributed by atoms with E-state index in [9.17, 15) is 9.90 Å². The normalized spacial score (nSPS) is 22.3. The smallest absolute Gasteiger partial charge is 0.410 e. The fraction of sp³-hybridized carbons (Fsp3) is 0.682. The minimum Gasteiger partial charge on any atom is -0.487 e. The van der Waals surface area contributed by atoms with Crippen LogP contribution in [0.3, 0.4) is 0 Å². The summed E-state index contributed by atoms with van der Waals surface area (Å²) < 4.78 is 12.0.